The second-order valence-electron chi connectivity index (χ2n) is 4.73. The zero-order valence-electron chi connectivity index (χ0n) is 10.3. The minimum atomic E-state index is -0.303. The lowest BCUT2D eigenvalue weighted by molar-refractivity contribution is 0.275. The highest BCUT2D eigenvalue weighted by molar-refractivity contribution is 5.54. The van der Waals surface area contributed by atoms with Crippen LogP contribution in [-0.4, -0.2) is 18.2 Å². The third kappa shape index (κ3) is 2.60. The summed E-state index contributed by atoms with van der Waals surface area (Å²) in [6.07, 6.45) is 3.56. The molecule has 1 aliphatic rings. The standard InChI is InChI=1S/C14H20FNO/c1-2-11-6-8-16(9-7-11)14-5-3-4-13(15)12(14)10-17/h3-5,11,17H,2,6-10H2,1H3. The second-order valence-corrected chi connectivity index (χ2v) is 4.73. The summed E-state index contributed by atoms with van der Waals surface area (Å²) >= 11 is 0. The molecule has 0 saturated carbocycles. The summed E-state index contributed by atoms with van der Waals surface area (Å²) in [6.45, 7) is 3.93. The van der Waals surface area contributed by atoms with E-state index in [2.05, 4.69) is 11.8 Å². The fourth-order valence-corrected chi connectivity index (χ4v) is 2.58. The van der Waals surface area contributed by atoms with Gasteiger partial charge in [-0.3, -0.25) is 0 Å². The number of hydrogen-bond acceptors (Lipinski definition) is 2. The number of hydrogen-bond donors (Lipinski definition) is 1. The molecule has 0 radical (unpaired) electrons. The van der Waals surface area contributed by atoms with Crippen molar-refractivity contribution in [2.75, 3.05) is 18.0 Å². The van der Waals surface area contributed by atoms with Crippen LogP contribution < -0.4 is 4.90 Å². The van der Waals surface area contributed by atoms with Gasteiger partial charge in [0.05, 0.1) is 6.61 Å². The Bertz CT molecular complexity index is 372. The van der Waals surface area contributed by atoms with Gasteiger partial charge in [0.25, 0.3) is 0 Å². The van der Waals surface area contributed by atoms with Crippen LogP contribution in [0.2, 0.25) is 0 Å². The van der Waals surface area contributed by atoms with Crippen molar-refractivity contribution >= 4 is 5.69 Å². The average molecular weight is 237 g/mol. The summed E-state index contributed by atoms with van der Waals surface area (Å²) in [6, 6.07) is 5.03. The average Bonchev–Trinajstić information content (AvgIpc) is 2.38. The zero-order chi connectivity index (χ0) is 12.3. The predicted octanol–water partition coefficient (Wildman–Crippen LogP) is 2.94. The molecule has 1 heterocycles. The summed E-state index contributed by atoms with van der Waals surface area (Å²) in [7, 11) is 0. The van der Waals surface area contributed by atoms with Crippen LogP contribution in [0.25, 0.3) is 0 Å². The van der Waals surface area contributed by atoms with Gasteiger partial charge in [-0.05, 0) is 30.9 Å². The fraction of sp³-hybridized carbons (Fsp3) is 0.571. The molecule has 17 heavy (non-hydrogen) atoms. The van der Waals surface area contributed by atoms with Gasteiger partial charge in [0.1, 0.15) is 5.82 Å². The Morgan fingerprint density at radius 1 is 1.35 bits per heavy atom. The van der Waals surface area contributed by atoms with Crippen LogP contribution in [-0.2, 0) is 6.61 Å². The number of anilines is 1. The van der Waals surface area contributed by atoms with Gasteiger partial charge in [-0.15, -0.1) is 0 Å². The highest BCUT2D eigenvalue weighted by Crippen LogP contribution is 2.28. The summed E-state index contributed by atoms with van der Waals surface area (Å²) in [5, 5.41) is 9.26. The molecular weight excluding hydrogens is 217 g/mol. The number of nitrogens with zero attached hydrogens (tertiary/aromatic N) is 1. The van der Waals surface area contributed by atoms with E-state index in [9.17, 15) is 9.50 Å². The van der Waals surface area contributed by atoms with E-state index in [1.807, 2.05) is 6.07 Å². The first-order valence-electron chi connectivity index (χ1n) is 6.39. The molecule has 1 fully saturated rings. The molecule has 1 aromatic carbocycles. The first-order chi connectivity index (χ1) is 8.26. The van der Waals surface area contributed by atoms with Gasteiger partial charge in [-0.1, -0.05) is 19.4 Å². The lowest BCUT2D eigenvalue weighted by atomic mass is 9.94. The molecule has 94 valence electrons. The van der Waals surface area contributed by atoms with Gasteiger partial charge in [-0.25, -0.2) is 4.39 Å². The summed E-state index contributed by atoms with van der Waals surface area (Å²) in [4.78, 5) is 2.20. The van der Waals surface area contributed by atoms with Crippen LogP contribution in [0, 0.1) is 11.7 Å². The number of benzene rings is 1. The number of rotatable bonds is 3. The van der Waals surface area contributed by atoms with Gasteiger partial charge < -0.3 is 10.0 Å². The Morgan fingerprint density at radius 3 is 2.65 bits per heavy atom. The van der Waals surface area contributed by atoms with Crippen molar-refractivity contribution in [1.82, 2.24) is 0 Å². The van der Waals surface area contributed by atoms with Gasteiger partial charge in [-0.2, -0.15) is 0 Å². The molecule has 2 rings (SSSR count). The van der Waals surface area contributed by atoms with Crippen molar-refractivity contribution in [2.24, 2.45) is 5.92 Å². The van der Waals surface area contributed by atoms with E-state index in [1.165, 1.54) is 12.5 Å². The molecule has 1 aliphatic heterocycles. The van der Waals surface area contributed by atoms with E-state index in [0.29, 0.717) is 5.56 Å². The Balaban J connectivity index is 2.15. The van der Waals surface area contributed by atoms with E-state index < -0.39 is 0 Å². The molecule has 0 spiro atoms. The maximum absolute atomic E-state index is 13.6. The molecule has 1 saturated heterocycles. The third-order valence-corrected chi connectivity index (χ3v) is 3.78. The topological polar surface area (TPSA) is 23.5 Å². The minimum Gasteiger partial charge on any atom is -0.391 e. The molecular formula is C14H20FNO. The highest BCUT2D eigenvalue weighted by Gasteiger charge is 2.20. The molecule has 0 aliphatic carbocycles. The van der Waals surface area contributed by atoms with Gasteiger partial charge in [0, 0.05) is 24.3 Å². The van der Waals surface area contributed by atoms with Crippen molar-refractivity contribution in [3.05, 3.63) is 29.6 Å². The normalized spacial score (nSPS) is 17.5. The lowest BCUT2D eigenvalue weighted by Crippen LogP contribution is -2.34. The second kappa shape index (κ2) is 5.50. The predicted molar refractivity (Wildman–Crippen MR) is 67.6 cm³/mol. The molecule has 0 atom stereocenters. The Hall–Kier alpha value is -1.09. The van der Waals surface area contributed by atoms with E-state index in [-0.39, 0.29) is 12.4 Å². The van der Waals surface area contributed by atoms with Crippen molar-refractivity contribution in [1.29, 1.82) is 0 Å². The minimum absolute atomic E-state index is 0.226. The Morgan fingerprint density at radius 2 is 2.06 bits per heavy atom. The summed E-state index contributed by atoms with van der Waals surface area (Å²) in [5.41, 5.74) is 1.30. The molecule has 0 aromatic heterocycles. The smallest absolute Gasteiger partial charge is 0.130 e. The van der Waals surface area contributed by atoms with Gasteiger partial charge in [0.15, 0.2) is 0 Å². The van der Waals surface area contributed by atoms with Crippen LogP contribution in [0.3, 0.4) is 0 Å². The highest BCUT2D eigenvalue weighted by atomic mass is 19.1. The van der Waals surface area contributed by atoms with Crippen LogP contribution in [0.15, 0.2) is 18.2 Å². The van der Waals surface area contributed by atoms with Crippen molar-refractivity contribution in [2.45, 2.75) is 32.8 Å². The Kier molecular flexibility index (Phi) is 4.00. The number of piperidine rings is 1. The van der Waals surface area contributed by atoms with Gasteiger partial charge in [0.2, 0.25) is 0 Å². The first-order valence-corrected chi connectivity index (χ1v) is 6.39. The van der Waals surface area contributed by atoms with Crippen molar-refractivity contribution in [3.8, 4) is 0 Å². The van der Waals surface area contributed by atoms with E-state index in [4.69, 9.17) is 0 Å². The lowest BCUT2D eigenvalue weighted by Gasteiger charge is -2.34. The number of aliphatic hydroxyl groups is 1. The molecule has 0 unspecified atom stereocenters. The van der Waals surface area contributed by atoms with Gasteiger partial charge >= 0.3 is 0 Å². The SMILES string of the molecule is CCC1CCN(c2cccc(F)c2CO)CC1. The molecule has 1 N–H and O–H groups in total. The third-order valence-electron chi connectivity index (χ3n) is 3.78. The van der Waals surface area contributed by atoms with Crippen molar-refractivity contribution < 1.29 is 9.50 Å². The molecule has 0 bridgehead atoms. The first kappa shape index (κ1) is 12.4. The molecule has 2 nitrogen and oxygen atoms in total. The quantitative estimate of drug-likeness (QED) is 0.873. The van der Waals surface area contributed by atoms with Crippen LogP contribution in [0.5, 0.6) is 0 Å². The van der Waals surface area contributed by atoms with Crippen LogP contribution >= 0.6 is 0 Å². The molecule has 0 amide bonds. The molecule has 1 aromatic rings. The van der Waals surface area contributed by atoms with Crippen molar-refractivity contribution in [3.63, 3.8) is 0 Å². The van der Waals surface area contributed by atoms with E-state index in [0.717, 1.165) is 37.5 Å². The zero-order valence-corrected chi connectivity index (χ0v) is 10.3. The monoisotopic (exact) mass is 237 g/mol. The summed E-state index contributed by atoms with van der Waals surface area (Å²) in [5.74, 6) is 0.500. The van der Waals surface area contributed by atoms with Crippen LogP contribution in [0.4, 0.5) is 10.1 Å². The largest absolute Gasteiger partial charge is 0.391 e. The fourth-order valence-electron chi connectivity index (χ4n) is 2.58. The number of halogens is 1. The van der Waals surface area contributed by atoms with E-state index in [1.54, 1.807) is 6.07 Å². The summed E-state index contributed by atoms with van der Waals surface area (Å²) < 4.78 is 13.6. The maximum Gasteiger partial charge on any atom is 0.130 e. The maximum atomic E-state index is 13.6. The molecule has 3 heteroatoms. The Labute approximate surface area is 102 Å². The van der Waals surface area contributed by atoms with Crippen LogP contribution in [0.1, 0.15) is 31.7 Å². The number of aliphatic hydroxyl groups excluding tert-OH is 1. The van der Waals surface area contributed by atoms with E-state index >= 15 is 0 Å².